The second-order valence-electron chi connectivity index (χ2n) is 4.41. The zero-order chi connectivity index (χ0) is 14.1. The van der Waals surface area contributed by atoms with Crippen molar-refractivity contribution in [1.82, 2.24) is 4.98 Å². The van der Waals surface area contributed by atoms with E-state index in [0.717, 1.165) is 11.1 Å². The van der Waals surface area contributed by atoms with Crippen LogP contribution < -0.4 is 0 Å². The minimum atomic E-state index is 0.0994. The molecule has 1 aromatic carbocycles. The smallest absolute Gasteiger partial charge is 0.226 e. The monoisotopic (exact) mass is 262 g/mol. The molecule has 1 aliphatic rings. The van der Waals surface area contributed by atoms with Crippen molar-refractivity contribution in [3.05, 3.63) is 47.4 Å². The number of aryl methyl sites for hydroxylation is 1. The third-order valence-corrected chi connectivity index (χ3v) is 2.99. The van der Waals surface area contributed by atoms with E-state index in [4.69, 9.17) is 15.1 Å². The number of aliphatic imine (C=N–C) groups is 1. The molecule has 0 fully saturated rings. The van der Waals surface area contributed by atoms with Crippen LogP contribution in [0.3, 0.4) is 0 Å². The fourth-order valence-electron chi connectivity index (χ4n) is 1.90. The Morgan fingerprint density at radius 1 is 1.25 bits per heavy atom. The predicted octanol–water partition coefficient (Wildman–Crippen LogP) is 2.99. The molecule has 96 valence electrons. The van der Waals surface area contributed by atoms with Gasteiger partial charge in [0.2, 0.25) is 5.89 Å². The lowest BCUT2D eigenvalue weighted by Gasteiger charge is -1.96. The van der Waals surface area contributed by atoms with Gasteiger partial charge in [0.1, 0.15) is 29.3 Å². The van der Waals surface area contributed by atoms with Crippen molar-refractivity contribution in [3.8, 4) is 17.5 Å². The van der Waals surface area contributed by atoms with Crippen molar-refractivity contribution in [1.29, 1.82) is 10.7 Å². The van der Waals surface area contributed by atoms with Crippen molar-refractivity contribution in [2.75, 3.05) is 0 Å². The maximum atomic E-state index is 9.04. The van der Waals surface area contributed by atoms with Crippen LogP contribution in [-0.2, 0) is 0 Å². The number of nitrogens with one attached hydrogen (secondary N) is 1. The van der Waals surface area contributed by atoms with Gasteiger partial charge in [-0.2, -0.15) is 5.26 Å². The Kier molecular flexibility index (Phi) is 2.77. The van der Waals surface area contributed by atoms with E-state index in [0.29, 0.717) is 17.3 Å². The first-order valence-corrected chi connectivity index (χ1v) is 5.99. The van der Waals surface area contributed by atoms with Crippen LogP contribution in [0.1, 0.15) is 11.3 Å². The molecule has 0 saturated heterocycles. The van der Waals surface area contributed by atoms with Gasteiger partial charge in [-0.3, -0.25) is 10.4 Å². The third-order valence-electron chi connectivity index (χ3n) is 2.99. The van der Waals surface area contributed by atoms with E-state index in [1.165, 1.54) is 12.5 Å². The van der Waals surface area contributed by atoms with Crippen molar-refractivity contribution in [2.24, 2.45) is 4.99 Å². The highest BCUT2D eigenvalue weighted by Gasteiger charge is 2.20. The van der Waals surface area contributed by atoms with E-state index in [2.05, 4.69) is 9.98 Å². The molecule has 0 amide bonds. The second kappa shape index (κ2) is 4.59. The number of allylic oxidation sites excluding steroid dienone is 1. The van der Waals surface area contributed by atoms with Crippen LogP contribution >= 0.6 is 0 Å². The topological polar surface area (TPSA) is 86.0 Å². The minimum absolute atomic E-state index is 0.0994. The highest BCUT2D eigenvalue weighted by molar-refractivity contribution is 6.43. The number of rotatable bonds is 2. The zero-order valence-electron chi connectivity index (χ0n) is 10.7. The Bertz CT molecular complexity index is 788. The van der Waals surface area contributed by atoms with Crippen LogP contribution in [0.4, 0.5) is 0 Å². The molecular formula is C15H10N4O. The maximum absolute atomic E-state index is 9.04. The fraction of sp³-hybridized carbons (Fsp3) is 0.0667. The molecule has 0 bridgehead atoms. The standard InChI is InChI=1S/C15H10N4O/c1-9-2-4-10(5-3-9)15-19-13(8-20-15)14-11(6-16)12(17)7-18-14/h2-5,7-8,17H,1H3. The highest BCUT2D eigenvalue weighted by atomic mass is 16.3. The lowest BCUT2D eigenvalue weighted by atomic mass is 10.1. The zero-order valence-corrected chi connectivity index (χ0v) is 10.7. The normalized spacial score (nSPS) is 13.9. The van der Waals surface area contributed by atoms with Gasteiger partial charge in [0, 0.05) is 5.56 Å². The molecule has 0 spiro atoms. The summed E-state index contributed by atoms with van der Waals surface area (Å²) in [6.45, 7) is 2.01. The molecule has 1 aromatic heterocycles. The molecule has 2 aromatic rings. The van der Waals surface area contributed by atoms with Crippen molar-refractivity contribution in [2.45, 2.75) is 6.92 Å². The number of aromatic nitrogens is 1. The average molecular weight is 262 g/mol. The minimum Gasteiger partial charge on any atom is -0.444 e. The Morgan fingerprint density at radius 3 is 2.70 bits per heavy atom. The molecule has 1 N–H and O–H groups in total. The molecule has 20 heavy (non-hydrogen) atoms. The van der Waals surface area contributed by atoms with E-state index in [-0.39, 0.29) is 11.3 Å². The molecule has 0 unspecified atom stereocenters. The summed E-state index contributed by atoms with van der Waals surface area (Å²) in [5, 5.41) is 16.6. The van der Waals surface area contributed by atoms with Gasteiger partial charge < -0.3 is 4.42 Å². The fourth-order valence-corrected chi connectivity index (χ4v) is 1.90. The van der Waals surface area contributed by atoms with E-state index < -0.39 is 0 Å². The van der Waals surface area contributed by atoms with Gasteiger partial charge in [-0.25, -0.2) is 4.98 Å². The van der Waals surface area contributed by atoms with E-state index in [1.807, 2.05) is 37.3 Å². The summed E-state index contributed by atoms with van der Waals surface area (Å²) >= 11 is 0. The summed E-state index contributed by atoms with van der Waals surface area (Å²) in [4.78, 5) is 8.38. The molecule has 0 atom stereocenters. The molecule has 0 saturated carbocycles. The quantitative estimate of drug-likeness (QED) is 0.902. The van der Waals surface area contributed by atoms with Crippen molar-refractivity contribution in [3.63, 3.8) is 0 Å². The van der Waals surface area contributed by atoms with E-state index >= 15 is 0 Å². The average Bonchev–Trinajstić information content (AvgIpc) is 3.06. The van der Waals surface area contributed by atoms with Crippen LogP contribution in [-0.4, -0.2) is 16.9 Å². The van der Waals surface area contributed by atoms with Crippen molar-refractivity contribution < 1.29 is 4.42 Å². The number of nitriles is 1. The predicted molar refractivity (Wildman–Crippen MR) is 75.4 cm³/mol. The molecule has 2 heterocycles. The molecule has 3 rings (SSSR count). The first-order valence-electron chi connectivity index (χ1n) is 5.99. The molecular weight excluding hydrogens is 252 g/mol. The number of nitrogens with zero attached hydrogens (tertiary/aromatic N) is 3. The number of oxazole rings is 1. The lowest BCUT2D eigenvalue weighted by Crippen LogP contribution is -1.96. The van der Waals surface area contributed by atoms with Crippen LogP contribution in [0.5, 0.6) is 0 Å². The Balaban J connectivity index is 2.02. The van der Waals surface area contributed by atoms with Crippen LogP contribution in [0, 0.1) is 23.7 Å². The Hall–Kier alpha value is -3.00. The summed E-state index contributed by atoms with van der Waals surface area (Å²) in [6.07, 6.45) is 2.80. The first kappa shape index (κ1) is 12.1. The highest BCUT2D eigenvalue weighted by Crippen LogP contribution is 2.27. The SMILES string of the molecule is Cc1ccc(-c2nc(C3=C(C#N)C(=N)C=N3)co2)cc1. The summed E-state index contributed by atoms with van der Waals surface area (Å²) in [5.74, 6) is 0.471. The first-order chi connectivity index (χ1) is 9.69. The van der Waals surface area contributed by atoms with Crippen LogP contribution in [0.25, 0.3) is 17.2 Å². The van der Waals surface area contributed by atoms with E-state index in [1.54, 1.807) is 0 Å². The second-order valence-corrected chi connectivity index (χ2v) is 4.41. The lowest BCUT2D eigenvalue weighted by molar-refractivity contribution is 0.574. The Morgan fingerprint density at radius 2 is 2.00 bits per heavy atom. The van der Waals surface area contributed by atoms with Gasteiger partial charge in [-0.15, -0.1) is 0 Å². The van der Waals surface area contributed by atoms with Gasteiger partial charge in [-0.05, 0) is 19.1 Å². The number of hydrogen-bond donors (Lipinski definition) is 1. The molecule has 5 heteroatoms. The third kappa shape index (κ3) is 1.93. The van der Waals surface area contributed by atoms with E-state index in [9.17, 15) is 0 Å². The van der Waals surface area contributed by atoms with Gasteiger partial charge in [0.05, 0.1) is 11.9 Å². The molecule has 1 aliphatic heterocycles. The van der Waals surface area contributed by atoms with Crippen molar-refractivity contribution >= 4 is 17.6 Å². The van der Waals surface area contributed by atoms with Crippen LogP contribution in [0.15, 0.2) is 45.5 Å². The summed E-state index contributed by atoms with van der Waals surface area (Å²) in [5.41, 5.74) is 3.19. The molecule has 0 radical (unpaired) electrons. The number of benzene rings is 1. The Labute approximate surface area is 115 Å². The molecule has 5 nitrogen and oxygen atoms in total. The van der Waals surface area contributed by atoms with Gasteiger partial charge in [0.25, 0.3) is 0 Å². The van der Waals surface area contributed by atoms with Gasteiger partial charge >= 0.3 is 0 Å². The number of hydrogen-bond acceptors (Lipinski definition) is 5. The largest absolute Gasteiger partial charge is 0.444 e. The van der Waals surface area contributed by atoms with Crippen LogP contribution in [0.2, 0.25) is 0 Å². The summed E-state index contributed by atoms with van der Waals surface area (Å²) < 4.78 is 5.43. The summed E-state index contributed by atoms with van der Waals surface area (Å²) in [6, 6.07) is 9.76. The molecule has 0 aliphatic carbocycles. The summed E-state index contributed by atoms with van der Waals surface area (Å²) in [7, 11) is 0. The maximum Gasteiger partial charge on any atom is 0.226 e. The van der Waals surface area contributed by atoms with Gasteiger partial charge in [-0.1, -0.05) is 17.7 Å². The van der Waals surface area contributed by atoms with Gasteiger partial charge in [0.15, 0.2) is 0 Å².